The van der Waals surface area contributed by atoms with Crippen LogP contribution in [0.2, 0.25) is 0 Å². The van der Waals surface area contributed by atoms with Gasteiger partial charge in [0.05, 0.1) is 0 Å². The minimum Gasteiger partial charge on any atom is -0.311 e. The zero-order valence-electron chi connectivity index (χ0n) is 10.4. The van der Waals surface area contributed by atoms with Crippen LogP contribution in [0.4, 0.5) is 0 Å². The summed E-state index contributed by atoms with van der Waals surface area (Å²) >= 11 is 1.66. The van der Waals surface area contributed by atoms with Crippen molar-refractivity contribution >= 4 is 11.3 Å². The van der Waals surface area contributed by atoms with E-state index in [1.165, 1.54) is 16.7 Å². The van der Waals surface area contributed by atoms with E-state index in [4.69, 9.17) is 0 Å². The van der Waals surface area contributed by atoms with Crippen LogP contribution in [0, 0.1) is 13.8 Å². The van der Waals surface area contributed by atoms with Crippen molar-refractivity contribution in [3.8, 4) is 10.6 Å². The molecule has 0 fully saturated rings. The molecular weight excluding hydrogens is 230 g/mol. The molecule has 1 heterocycles. The second-order valence-electron chi connectivity index (χ2n) is 4.10. The smallest absolute Gasteiger partial charge is 0.148 e. The van der Waals surface area contributed by atoms with Gasteiger partial charge in [-0.25, -0.2) is 0 Å². The Morgan fingerprint density at radius 1 is 1.24 bits per heavy atom. The van der Waals surface area contributed by atoms with Crippen LogP contribution in [0.1, 0.15) is 23.1 Å². The number of nitrogens with zero attached hydrogens (tertiary/aromatic N) is 2. The number of benzene rings is 1. The molecule has 90 valence electrons. The van der Waals surface area contributed by atoms with E-state index in [0.29, 0.717) is 0 Å². The first kappa shape index (κ1) is 12.2. The monoisotopic (exact) mass is 247 g/mol. The van der Waals surface area contributed by atoms with Crippen molar-refractivity contribution in [1.82, 2.24) is 15.5 Å². The number of hydrogen-bond acceptors (Lipinski definition) is 4. The average Bonchev–Trinajstić information content (AvgIpc) is 2.75. The molecule has 0 atom stereocenters. The Hall–Kier alpha value is -1.26. The van der Waals surface area contributed by atoms with Crippen LogP contribution >= 0.6 is 11.3 Å². The summed E-state index contributed by atoms with van der Waals surface area (Å²) in [4.78, 5) is 0. The Labute approximate surface area is 106 Å². The van der Waals surface area contributed by atoms with Crippen LogP contribution in [0.3, 0.4) is 0 Å². The third-order valence-corrected chi connectivity index (χ3v) is 3.56. The molecule has 0 spiro atoms. The highest BCUT2D eigenvalue weighted by molar-refractivity contribution is 7.14. The minimum atomic E-state index is 0.805. The van der Waals surface area contributed by atoms with Gasteiger partial charge in [-0.3, -0.25) is 0 Å². The number of hydrogen-bond donors (Lipinski definition) is 1. The zero-order valence-corrected chi connectivity index (χ0v) is 11.3. The molecule has 2 aromatic rings. The predicted molar refractivity (Wildman–Crippen MR) is 72.2 cm³/mol. The van der Waals surface area contributed by atoms with E-state index in [9.17, 15) is 0 Å². The van der Waals surface area contributed by atoms with Crippen LogP contribution in [0.15, 0.2) is 18.2 Å². The minimum absolute atomic E-state index is 0.805. The van der Waals surface area contributed by atoms with Gasteiger partial charge in [0.25, 0.3) is 0 Å². The highest BCUT2D eigenvalue weighted by atomic mass is 32.1. The molecule has 3 nitrogen and oxygen atoms in total. The van der Waals surface area contributed by atoms with E-state index in [2.05, 4.69) is 54.5 Å². The molecule has 0 unspecified atom stereocenters. The van der Waals surface area contributed by atoms with Crippen molar-refractivity contribution in [3.63, 3.8) is 0 Å². The number of nitrogens with one attached hydrogen (secondary N) is 1. The molecule has 17 heavy (non-hydrogen) atoms. The molecule has 0 aliphatic heterocycles. The van der Waals surface area contributed by atoms with E-state index in [1.807, 2.05) is 0 Å². The zero-order chi connectivity index (χ0) is 12.3. The molecule has 2 rings (SSSR count). The normalized spacial score (nSPS) is 10.8. The summed E-state index contributed by atoms with van der Waals surface area (Å²) < 4.78 is 0. The quantitative estimate of drug-likeness (QED) is 0.902. The highest BCUT2D eigenvalue weighted by Crippen LogP contribution is 2.27. The first-order valence-corrected chi connectivity index (χ1v) is 6.63. The summed E-state index contributed by atoms with van der Waals surface area (Å²) in [5.74, 6) is 0. The van der Waals surface area contributed by atoms with Crippen LogP contribution in [0.5, 0.6) is 0 Å². The third-order valence-electron chi connectivity index (χ3n) is 2.61. The SMILES string of the molecule is CCNCc1nnc(-c2ccc(C)cc2C)s1. The van der Waals surface area contributed by atoms with E-state index in [1.54, 1.807) is 11.3 Å². The Morgan fingerprint density at radius 3 is 2.76 bits per heavy atom. The summed E-state index contributed by atoms with van der Waals surface area (Å²) in [6.07, 6.45) is 0. The Balaban J connectivity index is 2.24. The Morgan fingerprint density at radius 2 is 2.06 bits per heavy atom. The molecule has 0 saturated carbocycles. The van der Waals surface area contributed by atoms with Crippen molar-refractivity contribution in [3.05, 3.63) is 34.3 Å². The lowest BCUT2D eigenvalue weighted by atomic mass is 10.1. The summed E-state index contributed by atoms with van der Waals surface area (Å²) in [5.41, 5.74) is 3.73. The molecule has 0 aliphatic rings. The van der Waals surface area contributed by atoms with Gasteiger partial charge in [0.15, 0.2) is 0 Å². The second kappa shape index (κ2) is 5.38. The van der Waals surface area contributed by atoms with Crippen LogP contribution in [-0.4, -0.2) is 16.7 Å². The van der Waals surface area contributed by atoms with Gasteiger partial charge in [-0.1, -0.05) is 42.0 Å². The van der Waals surface area contributed by atoms with Crippen LogP contribution < -0.4 is 5.32 Å². The average molecular weight is 247 g/mol. The number of aromatic nitrogens is 2. The molecule has 0 radical (unpaired) electrons. The highest BCUT2D eigenvalue weighted by Gasteiger charge is 2.08. The van der Waals surface area contributed by atoms with Crippen molar-refractivity contribution < 1.29 is 0 Å². The van der Waals surface area contributed by atoms with Gasteiger partial charge in [-0.05, 0) is 26.0 Å². The van der Waals surface area contributed by atoms with Gasteiger partial charge in [0.1, 0.15) is 10.0 Å². The van der Waals surface area contributed by atoms with Gasteiger partial charge < -0.3 is 5.32 Å². The van der Waals surface area contributed by atoms with Crippen LogP contribution in [-0.2, 0) is 6.54 Å². The Kier molecular flexibility index (Phi) is 3.86. The lowest BCUT2D eigenvalue weighted by Gasteiger charge is -2.02. The van der Waals surface area contributed by atoms with E-state index in [-0.39, 0.29) is 0 Å². The molecule has 0 bridgehead atoms. The fourth-order valence-electron chi connectivity index (χ4n) is 1.72. The molecule has 1 aromatic heterocycles. The largest absolute Gasteiger partial charge is 0.311 e. The summed E-state index contributed by atoms with van der Waals surface area (Å²) in [6.45, 7) is 8.07. The summed E-state index contributed by atoms with van der Waals surface area (Å²) in [6, 6.07) is 6.43. The van der Waals surface area contributed by atoms with E-state index >= 15 is 0 Å². The Bertz CT molecular complexity index is 505. The molecule has 0 aliphatic carbocycles. The van der Waals surface area contributed by atoms with E-state index in [0.717, 1.165) is 23.1 Å². The topological polar surface area (TPSA) is 37.8 Å². The maximum atomic E-state index is 4.26. The van der Waals surface area contributed by atoms with Gasteiger partial charge >= 0.3 is 0 Å². The molecular formula is C13H17N3S. The summed E-state index contributed by atoms with van der Waals surface area (Å²) in [7, 11) is 0. The predicted octanol–water partition coefficient (Wildman–Crippen LogP) is 2.93. The summed E-state index contributed by atoms with van der Waals surface area (Å²) in [5, 5.41) is 13.8. The van der Waals surface area contributed by atoms with Gasteiger partial charge in [0, 0.05) is 12.1 Å². The molecule has 4 heteroatoms. The third kappa shape index (κ3) is 2.90. The number of rotatable bonds is 4. The van der Waals surface area contributed by atoms with E-state index < -0.39 is 0 Å². The fourth-order valence-corrected chi connectivity index (χ4v) is 2.62. The maximum Gasteiger partial charge on any atom is 0.148 e. The van der Waals surface area contributed by atoms with Crippen LogP contribution in [0.25, 0.3) is 10.6 Å². The standard InChI is InChI=1S/C13H17N3S/c1-4-14-8-12-15-16-13(17-12)11-6-5-9(2)7-10(11)3/h5-7,14H,4,8H2,1-3H3. The fraction of sp³-hybridized carbons (Fsp3) is 0.385. The lowest BCUT2D eigenvalue weighted by Crippen LogP contribution is -2.11. The van der Waals surface area contributed by atoms with Crippen molar-refractivity contribution in [2.75, 3.05) is 6.54 Å². The first-order valence-electron chi connectivity index (χ1n) is 5.81. The molecule has 1 N–H and O–H groups in total. The lowest BCUT2D eigenvalue weighted by molar-refractivity contribution is 0.715. The molecule has 1 aromatic carbocycles. The molecule has 0 amide bonds. The van der Waals surface area contributed by atoms with Crippen molar-refractivity contribution in [2.24, 2.45) is 0 Å². The maximum absolute atomic E-state index is 4.26. The van der Waals surface area contributed by atoms with Gasteiger partial charge in [-0.2, -0.15) is 0 Å². The second-order valence-corrected chi connectivity index (χ2v) is 5.16. The van der Waals surface area contributed by atoms with Crippen molar-refractivity contribution in [2.45, 2.75) is 27.3 Å². The van der Waals surface area contributed by atoms with Gasteiger partial charge in [0.2, 0.25) is 0 Å². The van der Waals surface area contributed by atoms with Crippen molar-refractivity contribution in [1.29, 1.82) is 0 Å². The van der Waals surface area contributed by atoms with Gasteiger partial charge in [-0.15, -0.1) is 10.2 Å². The number of aryl methyl sites for hydroxylation is 2. The first-order chi connectivity index (χ1) is 8.20. The molecule has 0 saturated heterocycles.